The lowest BCUT2D eigenvalue weighted by Gasteiger charge is -2.26. The van der Waals surface area contributed by atoms with Gasteiger partial charge in [-0.05, 0) is 54.3 Å². The van der Waals surface area contributed by atoms with Gasteiger partial charge >= 0.3 is 0 Å². The highest BCUT2D eigenvalue weighted by atomic mass is 32.1. The van der Waals surface area contributed by atoms with Crippen LogP contribution < -0.4 is 9.64 Å². The molecule has 5 heteroatoms. The van der Waals surface area contributed by atoms with E-state index in [-0.39, 0.29) is 11.7 Å². The van der Waals surface area contributed by atoms with E-state index in [0.29, 0.717) is 36.4 Å². The second-order valence-corrected chi connectivity index (χ2v) is 8.60. The molecule has 0 aliphatic carbocycles. The molecule has 2 aromatic carbocycles. The zero-order valence-electron chi connectivity index (χ0n) is 17.7. The third-order valence-corrected chi connectivity index (χ3v) is 6.56. The lowest BCUT2D eigenvalue weighted by Crippen LogP contribution is -2.40. The predicted molar refractivity (Wildman–Crippen MR) is 126 cm³/mol. The van der Waals surface area contributed by atoms with E-state index in [1.807, 2.05) is 84.4 Å². The Balaban J connectivity index is 1.71. The van der Waals surface area contributed by atoms with Crippen LogP contribution in [0.2, 0.25) is 0 Å². The van der Waals surface area contributed by atoms with Gasteiger partial charge in [0.05, 0.1) is 12.8 Å². The Morgan fingerprint density at radius 2 is 1.94 bits per heavy atom. The average molecular weight is 432 g/mol. The minimum absolute atomic E-state index is 0.120. The van der Waals surface area contributed by atoms with Gasteiger partial charge in [-0.25, -0.2) is 0 Å². The number of methoxy groups -OCH3 is 1. The van der Waals surface area contributed by atoms with Crippen LogP contribution >= 0.6 is 11.3 Å². The number of amides is 1. The van der Waals surface area contributed by atoms with Gasteiger partial charge in [0.15, 0.2) is 5.78 Å². The molecule has 158 valence electrons. The second kappa shape index (κ2) is 8.90. The number of carbonyl (C=O) groups excluding carboxylic acids is 2. The number of anilines is 1. The van der Waals surface area contributed by atoms with Gasteiger partial charge in [-0.15, -0.1) is 0 Å². The first-order chi connectivity index (χ1) is 15.0. The van der Waals surface area contributed by atoms with E-state index in [1.54, 1.807) is 23.3 Å². The molecule has 0 N–H and O–H groups in total. The van der Waals surface area contributed by atoms with Gasteiger partial charge in [-0.3, -0.25) is 9.59 Å². The van der Waals surface area contributed by atoms with Gasteiger partial charge in [0, 0.05) is 12.1 Å². The summed E-state index contributed by atoms with van der Waals surface area (Å²) in [6.07, 6.45) is 4.77. The number of aryl methyl sites for hydroxylation is 1. The van der Waals surface area contributed by atoms with E-state index < -0.39 is 5.41 Å². The molecule has 31 heavy (non-hydrogen) atoms. The Kier molecular flexibility index (Phi) is 6.05. The molecule has 1 amide bonds. The van der Waals surface area contributed by atoms with Gasteiger partial charge in [0.1, 0.15) is 11.2 Å². The first-order valence-corrected chi connectivity index (χ1v) is 11.2. The van der Waals surface area contributed by atoms with Crippen molar-refractivity contribution in [3.8, 4) is 5.75 Å². The molecule has 1 aliphatic rings. The minimum Gasteiger partial charge on any atom is -0.495 e. The molecule has 4 nitrogen and oxygen atoms in total. The number of benzene rings is 2. The van der Waals surface area contributed by atoms with Crippen molar-refractivity contribution in [3.05, 3.63) is 88.1 Å². The van der Waals surface area contributed by atoms with Gasteiger partial charge in [-0.2, -0.15) is 11.3 Å². The largest absolute Gasteiger partial charge is 0.495 e. The number of hydrogen-bond donors (Lipinski definition) is 0. The highest BCUT2D eigenvalue weighted by molar-refractivity contribution is 7.08. The molecule has 2 heterocycles. The Morgan fingerprint density at radius 3 is 2.65 bits per heavy atom. The van der Waals surface area contributed by atoms with Gasteiger partial charge < -0.3 is 9.64 Å². The van der Waals surface area contributed by atoms with Crippen molar-refractivity contribution in [2.24, 2.45) is 5.41 Å². The molecule has 1 atom stereocenters. The topological polar surface area (TPSA) is 46.6 Å². The summed E-state index contributed by atoms with van der Waals surface area (Å²) in [5, 5.41) is 4.06. The number of ether oxygens (including phenoxy) is 1. The number of ketones is 1. The number of thiophene rings is 1. The van der Waals surface area contributed by atoms with Crippen molar-refractivity contribution in [3.63, 3.8) is 0 Å². The molecule has 0 spiro atoms. The first-order valence-electron chi connectivity index (χ1n) is 10.3. The monoisotopic (exact) mass is 431 g/mol. The van der Waals surface area contributed by atoms with E-state index in [1.165, 1.54) is 0 Å². The van der Waals surface area contributed by atoms with Crippen LogP contribution in [-0.4, -0.2) is 25.3 Å². The second-order valence-electron chi connectivity index (χ2n) is 7.82. The Bertz CT molecular complexity index is 1100. The van der Waals surface area contributed by atoms with Crippen molar-refractivity contribution in [2.75, 3.05) is 18.6 Å². The number of nitrogens with zero attached hydrogens (tertiary/aromatic N) is 1. The lowest BCUT2D eigenvalue weighted by molar-refractivity contribution is -0.123. The fourth-order valence-electron chi connectivity index (χ4n) is 4.09. The maximum absolute atomic E-state index is 13.8. The van der Waals surface area contributed by atoms with Crippen molar-refractivity contribution in [1.29, 1.82) is 0 Å². The summed E-state index contributed by atoms with van der Waals surface area (Å²) in [7, 11) is 1.59. The molecule has 1 saturated heterocycles. The van der Waals surface area contributed by atoms with E-state index >= 15 is 0 Å². The summed E-state index contributed by atoms with van der Waals surface area (Å²) in [6, 6.07) is 16.9. The minimum atomic E-state index is -1.12. The molecule has 1 aromatic heterocycles. The number of carbonyl (C=O) groups is 2. The van der Waals surface area contributed by atoms with Crippen LogP contribution in [-0.2, 0) is 4.79 Å². The molecule has 0 bridgehead atoms. The van der Waals surface area contributed by atoms with E-state index in [0.717, 1.165) is 11.1 Å². The smallest absolute Gasteiger partial charge is 0.241 e. The van der Waals surface area contributed by atoms with Gasteiger partial charge in [0.25, 0.3) is 0 Å². The van der Waals surface area contributed by atoms with Crippen LogP contribution in [0.1, 0.15) is 34.3 Å². The summed E-state index contributed by atoms with van der Waals surface area (Å²) in [5.74, 6) is 0.339. The summed E-state index contributed by atoms with van der Waals surface area (Å²) in [6.45, 7) is 2.46. The van der Waals surface area contributed by atoms with Crippen molar-refractivity contribution < 1.29 is 14.3 Å². The molecule has 1 unspecified atom stereocenters. The Labute approximate surface area is 186 Å². The quantitative estimate of drug-likeness (QED) is 0.352. The lowest BCUT2D eigenvalue weighted by atomic mass is 9.75. The first kappa shape index (κ1) is 21.1. The predicted octanol–water partition coefficient (Wildman–Crippen LogP) is 5.77. The van der Waals surface area contributed by atoms with Gasteiger partial charge in [0.2, 0.25) is 5.91 Å². The number of Topliss-reactive ketones (excluding diaryl/α,β-unsaturated/α-hetero) is 1. The number of rotatable bonds is 7. The van der Waals surface area contributed by atoms with Gasteiger partial charge in [-0.1, -0.05) is 54.1 Å². The highest BCUT2D eigenvalue weighted by Crippen LogP contribution is 2.43. The summed E-state index contributed by atoms with van der Waals surface area (Å²) < 4.78 is 5.47. The van der Waals surface area contributed by atoms with Crippen LogP contribution in [0.4, 0.5) is 5.69 Å². The van der Waals surface area contributed by atoms with Crippen LogP contribution in [0.5, 0.6) is 5.75 Å². The SMILES string of the molecule is COc1ccccc1N1CCC(CC=Cc2ccsc2)(C(=O)c2ccc(C)cc2)C1=O. The zero-order valence-corrected chi connectivity index (χ0v) is 18.5. The Hall–Kier alpha value is -3.18. The van der Waals surface area contributed by atoms with Crippen LogP contribution in [0.15, 0.2) is 71.4 Å². The molecule has 4 rings (SSSR count). The van der Waals surface area contributed by atoms with E-state index in [2.05, 4.69) is 0 Å². The van der Waals surface area contributed by atoms with Crippen LogP contribution in [0.25, 0.3) is 6.08 Å². The number of allylic oxidation sites excluding steroid dienone is 1. The number of para-hydroxylation sites is 2. The van der Waals surface area contributed by atoms with Crippen LogP contribution in [0, 0.1) is 12.3 Å². The average Bonchev–Trinajstić information content (AvgIpc) is 3.43. The maximum Gasteiger partial charge on any atom is 0.241 e. The van der Waals surface area contributed by atoms with Crippen LogP contribution in [0.3, 0.4) is 0 Å². The molecular formula is C26H25NO3S. The van der Waals surface area contributed by atoms with Crippen molar-refractivity contribution in [1.82, 2.24) is 0 Å². The summed E-state index contributed by atoms with van der Waals surface area (Å²) in [4.78, 5) is 29.2. The fourth-order valence-corrected chi connectivity index (χ4v) is 4.72. The third-order valence-electron chi connectivity index (χ3n) is 5.86. The van der Waals surface area contributed by atoms with E-state index in [4.69, 9.17) is 4.74 Å². The maximum atomic E-state index is 13.8. The fraction of sp³-hybridized carbons (Fsp3) is 0.231. The third kappa shape index (κ3) is 4.06. The van der Waals surface area contributed by atoms with Crippen molar-refractivity contribution in [2.45, 2.75) is 19.8 Å². The molecule has 1 fully saturated rings. The van der Waals surface area contributed by atoms with Crippen molar-refractivity contribution >= 4 is 34.8 Å². The highest BCUT2D eigenvalue weighted by Gasteiger charge is 2.52. The molecular weight excluding hydrogens is 406 g/mol. The normalized spacial score (nSPS) is 18.6. The molecule has 3 aromatic rings. The van der Waals surface area contributed by atoms with E-state index in [9.17, 15) is 9.59 Å². The number of hydrogen-bond acceptors (Lipinski definition) is 4. The summed E-state index contributed by atoms with van der Waals surface area (Å²) >= 11 is 1.62. The summed E-state index contributed by atoms with van der Waals surface area (Å²) in [5.41, 5.74) is 2.31. The molecule has 0 saturated carbocycles. The Morgan fingerprint density at radius 1 is 1.16 bits per heavy atom. The standard InChI is InChI=1S/C26H25NO3S/c1-19-9-11-21(12-10-19)24(28)26(14-5-6-20-13-17-31-18-20)15-16-27(25(26)29)22-7-3-4-8-23(22)30-2/h3-13,17-18H,14-16H2,1-2H3. The molecule has 0 radical (unpaired) electrons. The zero-order chi connectivity index (χ0) is 21.8. The molecule has 1 aliphatic heterocycles.